The highest BCUT2D eigenvalue weighted by Gasteiger charge is 2.47. The number of carbonyl (C=O) groups excluding carboxylic acids is 3. The molecule has 1 atom stereocenters. The Morgan fingerprint density at radius 3 is 2.32 bits per heavy atom. The number of methoxy groups -OCH3 is 1. The Morgan fingerprint density at radius 1 is 1.03 bits per heavy atom. The quantitative estimate of drug-likeness (QED) is 0.219. The zero-order chi connectivity index (χ0) is 24.4. The van der Waals surface area contributed by atoms with Gasteiger partial charge in [-0.05, 0) is 42.3 Å². The van der Waals surface area contributed by atoms with E-state index in [0.29, 0.717) is 22.4 Å². The van der Waals surface area contributed by atoms with Crippen molar-refractivity contribution in [3.05, 3.63) is 105 Å². The first-order valence-electron chi connectivity index (χ1n) is 10.6. The molecular weight excluding hydrogens is 498 g/mol. The number of ketones is 1. The molecule has 0 aliphatic carbocycles. The van der Waals surface area contributed by atoms with Crippen LogP contribution in [0.25, 0.3) is 5.76 Å². The number of benzene rings is 3. The molecule has 3 aromatic carbocycles. The maximum Gasteiger partial charge on any atom is 0.309 e. The summed E-state index contributed by atoms with van der Waals surface area (Å²) in [5.74, 6) is -2.10. The van der Waals surface area contributed by atoms with Crippen LogP contribution in [0.2, 0.25) is 0 Å². The van der Waals surface area contributed by atoms with Crippen molar-refractivity contribution in [1.29, 1.82) is 0 Å². The number of nitrogens with zero attached hydrogens (tertiary/aromatic N) is 1. The van der Waals surface area contributed by atoms with Gasteiger partial charge in [-0.25, -0.2) is 0 Å². The number of amides is 1. The van der Waals surface area contributed by atoms with Gasteiger partial charge in [0.15, 0.2) is 0 Å². The van der Waals surface area contributed by atoms with Crippen LogP contribution in [-0.2, 0) is 25.5 Å². The number of ether oxygens (including phenoxy) is 1. The van der Waals surface area contributed by atoms with Crippen molar-refractivity contribution in [3.8, 4) is 0 Å². The average molecular weight is 520 g/mol. The van der Waals surface area contributed by atoms with Crippen molar-refractivity contribution < 1.29 is 24.2 Å². The fraction of sp³-hybridized carbons (Fsp3) is 0.148. The molecule has 1 aliphatic heterocycles. The van der Waals surface area contributed by atoms with Crippen molar-refractivity contribution in [3.63, 3.8) is 0 Å². The number of aliphatic hydroxyl groups is 1. The van der Waals surface area contributed by atoms with Crippen LogP contribution >= 0.6 is 15.9 Å². The van der Waals surface area contributed by atoms with E-state index in [0.717, 1.165) is 10.0 Å². The van der Waals surface area contributed by atoms with Crippen molar-refractivity contribution in [2.75, 3.05) is 12.0 Å². The van der Waals surface area contributed by atoms with E-state index in [9.17, 15) is 19.5 Å². The molecule has 1 unspecified atom stereocenters. The topological polar surface area (TPSA) is 83.9 Å². The largest absolute Gasteiger partial charge is 0.507 e. The Bertz CT molecular complexity index is 1300. The first-order valence-corrected chi connectivity index (χ1v) is 11.4. The van der Waals surface area contributed by atoms with Gasteiger partial charge in [0.05, 0.1) is 25.1 Å². The third kappa shape index (κ3) is 4.52. The Balaban J connectivity index is 1.85. The molecule has 1 N–H and O–H groups in total. The number of hydrogen-bond donors (Lipinski definition) is 1. The van der Waals surface area contributed by atoms with Crippen molar-refractivity contribution in [2.24, 2.45) is 0 Å². The predicted molar refractivity (Wildman–Crippen MR) is 132 cm³/mol. The highest BCUT2D eigenvalue weighted by atomic mass is 79.9. The lowest BCUT2D eigenvalue weighted by molar-refractivity contribution is -0.139. The molecule has 0 bridgehead atoms. The van der Waals surface area contributed by atoms with E-state index in [1.165, 1.54) is 12.0 Å². The summed E-state index contributed by atoms with van der Waals surface area (Å²) in [6.07, 6.45) is 0.0977. The third-order valence-electron chi connectivity index (χ3n) is 5.71. The molecule has 34 heavy (non-hydrogen) atoms. The van der Waals surface area contributed by atoms with Gasteiger partial charge in [0.25, 0.3) is 11.7 Å². The second-order valence-electron chi connectivity index (χ2n) is 8.01. The lowest BCUT2D eigenvalue weighted by Crippen LogP contribution is -2.29. The third-order valence-corrected chi connectivity index (χ3v) is 6.24. The summed E-state index contributed by atoms with van der Waals surface area (Å²) in [6.45, 7) is 1.92. The molecule has 0 aromatic heterocycles. The van der Waals surface area contributed by atoms with Gasteiger partial charge in [0.1, 0.15) is 5.76 Å². The van der Waals surface area contributed by atoms with Crippen LogP contribution in [0.1, 0.15) is 28.3 Å². The zero-order valence-corrected chi connectivity index (χ0v) is 20.2. The Kier molecular flexibility index (Phi) is 6.65. The fourth-order valence-corrected chi connectivity index (χ4v) is 4.30. The number of hydrogen-bond acceptors (Lipinski definition) is 5. The summed E-state index contributed by atoms with van der Waals surface area (Å²) in [6, 6.07) is 20.4. The molecule has 172 valence electrons. The van der Waals surface area contributed by atoms with Gasteiger partial charge in [-0.1, -0.05) is 70.0 Å². The molecule has 1 aliphatic rings. The molecule has 7 heteroatoms. The minimum absolute atomic E-state index is 0.0246. The van der Waals surface area contributed by atoms with Crippen molar-refractivity contribution in [2.45, 2.75) is 19.4 Å². The molecule has 0 saturated carbocycles. The zero-order valence-electron chi connectivity index (χ0n) is 18.6. The van der Waals surface area contributed by atoms with Gasteiger partial charge in [0.2, 0.25) is 0 Å². The SMILES string of the molecule is COC(=O)Cc1ccc(N2C(=O)C(=O)/C(=C(\O)c3ccc(Br)cc3)C2c2cccc(C)c2)cc1. The highest BCUT2D eigenvalue weighted by Crippen LogP contribution is 2.42. The van der Waals surface area contributed by atoms with Gasteiger partial charge in [-0.2, -0.15) is 0 Å². The molecule has 0 spiro atoms. The monoisotopic (exact) mass is 519 g/mol. The summed E-state index contributed by atoms with van der Waals surface area (Å²) in [5, 5.41) is 11.1. The van der Waals surface area contributed by atoms with Crippen LogP contribution < -0.4 is 4.90 Å². The van der Waals surface area contributed by atoms with Crippen LogP contribution in [0.4, 0.5) is 5.69 Å². The highest BCUT2D eigenvalue weighted by molar-refractivity contribution is 9.10. The predicted octanol–water partition coefficient (Wildman–Crippen LogP) is 5.10. The van der Waals surface area contributed by atoms with Crippen molar-refractivity contribution >= 4 is 45.0 Å². The summed E-state index contributed by atoms with van der Waals surface area (Å²) in [5.41, 5.74) is 3.33. The van der Waals surface area contributed by atoms with Gasteiger partial charge in [-0.3, -0.25) is 19.3 Å². The smallest absolute Gasteiger partial charge is 0.309 e. The summed E-state index contributed by atoms with van der Waals surface area (Å²) in [4.78, 5) is 39.4. The van der Waals surface area contributed by atoms with E-state index < -0.39 is 17.7 Å². The second-order valence-corrected chi connectivity index (χ2v) is 8.93. The first-order chi connectivity index (χ1) is 16.3. The number of aliphatic hydroxyl groups excluding tert-OH is 1. The van der Waals surface area contributed by atoms with Crippen LogP contribution in [0.3, 0.4) is 0 Å². The van der Waals surface area contributed by atoms with Gasteiger partial charge in [0, 0.05) is 15.7 Å². The second kappa shape index (κ2) is 9.65. The molecule has 3 aromatic rings. The summed E-state index contributed by atoms with van der Waals surface area (Å²) >= 11 is 3.37. The molecule has 1 heterocycles. The van der Waals surface area contributed by atoms with E-state index in [1.807, 2.05) is 31.2 Å². The normalized spacial score (nSPS) is 17.1. The number of anilines is 1. The lowest BCUT2D eigenvalue weighted by Gasteiger charge is -2.26. The summed E-state index contributed by atoms with van der Waals surface area (Å²) in [7, 11) is 1.32. The molecule has 1 fully saturated rings. The van der Waals surface area contributed by atoms with E-state index >= 15 is 0 Å². The minimum Gasteiger partial charge on any atom is -0.507 e. The van der Waals surface area contributed by atoms with E-state index in [-0.39, 0.29) is 23.7 Å². The standard InChI is InChI=1S/C27H22BrNO5/c1-16-4-3-5-19(14-16)24-23(25(31)18-8-10-20(28)11-9-18)26(32)27(33)29(24)21-12-6-17(7-13-21)15-22(30)34-2/h3-14,24,31H,15H2,1-2H3/b25-23-. The van der Waals surface area contributed by atoms with Crippen molar-refractivity contribution in [1.82, 2.24) is 0 Å². The number of esters is 1. The number of aryl methyl sites for hydroxylation is 1. The van der Waals surface area contributed by atoms with Crippen LogP contribution in [0, 0.1) is 6.92 Å². The van der Waals surface area contributed by atoms with E-state index in [1.54, 1.807) is 48.5 Å². The Labute approximate surface area is 205 Å². The van der Waals surface area contributed by atoms with Gasteiger partial charge in [-0.15, -0.1) is 0 Å². The molecule has 0 radical (unpaired) electrons. The fourth-order valence-electron chi connectivity index (χ4n) is 4.03. The van der Waals surface area contributed by atoms with Crippen LogP contribution in [-0.4, -0.2) is 29.9 Å². The molecule has 1 amide bonds. The minimum atomic E-state index is -0.810. The van der Waals surface area contributed by atoms with E-state index in [4.69, 9.17) is 4.74 Å². The maximum atomic E-state index is 13.2. The molecule has 6 nitrogen and oxygen atoms in total. The Hall–Kier alpha value is -3.71. The molecular formula is C27H22BrNO5. The van der Waals surface area contributed by atoms with Crippen LogP contribution in [0.15, 0.2) is 82.8 Å². The molecule has 1 saturated heterocycles. The average Bonchev–Trinajstić information content (AvgIpc) is 3.10. The Morgan fingerprint density at radius 2 is 1.71 bits per heavy atom. The van der Waals surface area contributed by atoms with Gasteiger partial charge >= 0.3 is 5.97 Å². The number of rotatable bonds is 5. The van der Waals surface area contributed by atoms with Crippen LogP contribution in [0.5, 0.6) is 0 Å². The number of Topliss-reactive ketones (excluding diaryl/α,β-unsaturated/α-hetero) is 1. The number of halogens is 1. The number of carbonyl (C=O) groups is 3. The van der Waals surface area contributed by atoms with Gasteiger partial charge < -0.3 is 9.84 Å². The summed E-state index contributed by atoms with van der Waals surface area (Å²) < 4.78 is 5.53. The van der Waals surface area contributed by atoms with E-state index in [2.05, 4.69) is 15.9 Å². The lowest BCUT2D eigenvalue weighted by atomic mass is 9.94. The molecule has 4 rings (SSSR count). The maximum absolute atomic E-state index is 13.2. The first kappa shape index (κ1) is 23.4.